The third-order valence-electron chi connectivity index (χ3n) is 5.82. The van der Waals surface area contributed by atoms with E-state index in [2.05, 4.69) is 22.4 Å². The summed E-state index contributed by atoms with van der Waals surface area (Å²) in [5.74, 6) is 0.823. The van der Waals surface area contributed by atoms with Crippen molar-refractivity contribution in [3.63, 3.8) is 0 Å². The van der Waals surface area contributed by atoms with Crippen LogP contribution in [0.2, 0.25) is 0 Å². The number of amides is 3. The molecule has 0 unspecified atom stereocenters. The monoisotopic (exact) mass is 379 g/mol. The third-order valence-corrected chi connectivity index (χ3v) is 5.82. The average Bonchev–Trinajstić information content (AvgIpc) is 3.37. The molecule has 1 aliphatic carbocycles. The zero-order valence-electron chi connectivity index (χ0n) is 15.6. The van der Waals surface area contributed by atoms with Crippen LogP contribution in [0.3, 0.4) is 0 Å². The molecule has 1 spiro atoms. The number of anilines is 1. The van der Waals surface area contributed by atoms with E-state index >= 15 is 0 Å². The first kappa shape index (κ1) is 17.2. The Bertz CT molecular complexity index is 951. The topological polar surface area (TPSA) is 80.8 Å². The highest BCUT2D eigenvalue weighted by molar-refractivity contribution is 6.21. The normalized spacial score (nSPS) is 22.6. The van der Waals surface area contributed by atoms with Gasteiger partial charge in [0.1, 0.15) is 11.8 Å². The Morgan fingerprint density at radius 3 is 2.71 bits per heavy atom. The van der Waals surface area contributed by atoms with E-state index < -0.39 is 12.1 Å². The van der Waals surface area contributed by atoms with Gasteiger partial charge in [0.15, 0.2) is 0 Å². The number of hydrogen-bond acceptors (Lipinski definition) is 5. The van der Waals surface area contributed by atoms with Crippen molar-refractivity contribution in [1.82, 2.24) is 10.3 Å². The Balaban J connectivity index is 1.36. The van der Waals surface area contributed by atoms with Gasteiger partial charge in [-0.3, -0.25) is 4.79 Å². The molecule has 1 aromatic heterocycles. The first-order chi connectivity index (χ1) is 13.6. The molecule has 7 nitrogen and oxygen atoms in total. The molecule has 3 heterocycles. The maximum atomic E-state index is 12.1. The summed E-state index contributed by atoms with van der Waals surface area (Å²) in [6.07, 6.45) is 5.96. The van der Waals surface area contributed by atoms with Crippen molar-refractivity contribution in [2.45, 2.75) is 50.9 Å². The first-order valence-corrected chi connectivity index (χ1v) is 9.61. The minimum atomic E-state index is -0.528. The van der Waals surface area contributed by atoms with E-state index in [-0.39, 0.29) is 11.5 Å². The molecule has 28 heavy (non-hydrogen) atoms. The van der Waals surface area contributed by atoms with Crippen LogP contribution in [-0.4, -0.2) is 23.0 Å². The number of hydrogen-bond donors (Lipinski definition) is 1. The number of nitrogens with one attached hydrogen (secondary N) is 1. The quantitative estimate of drug-likeness (QED) is 0.824. The Labute approximate surface area is 162 Å². The lowest BCUT2D eigenvalue weighted by atomic mass is 9.91. The molecule has 1 saturated carbocycles. The number of urea groups is 1. The summed E-state index contributed by atoms with van der Waals surface area (Å²) in [7, 11) is 0. The van der Waals surface area contributed by atoms with E-state index in [0.717, 1.165) is 17.7 Å². The van der Waals surface area contributed by atoms with Gasteiger partial charge in [-0.2, -0.15) is 0 Å². The molecule has 0 radical (unpaired) electrons. The van der Waals surface area contributed by atoms with Crippen molar-refractivity contribution >= 4 is 17.6 Å². The number of ether oxygens (including phenoxy) is 2. The Kier molecular flexibility index (Phi) is 3.87. The maximum Gasteiger partial charge on any atom is 0.329 e. The molecule has 5 rings (SSSR count). The molecule has 1 N–H and O–H groups in total. The maximum absolute atomic E-state index is 12.1. The average molecular weight is 379 g/mol. The van der Waals surface area contributed by atoms with Gasteiger partial charge in [-0.25, -0.2) is 14.7 Å². The van der Waals surface area contributed by atoms with Gasteiger partial charge in [-0.1, -0.05) is 18.9 Å². The molecule has 2 fully saturated rings. The van der Waals surface area contributed by atoms with E-state index in [4.69, 9.17) is 9.47 Å². The van der Waals surface area contributed by atoms with Crippen LogP contribution >= 0.6 is 0 Å². The van der Waals surface area contributed by atoms with Gasteiger partial charge in [0, 0.05) is 6.07 Å². The number of carbonyl (C=O) groups excluding carboxylic acids is 2. The van der Waals surface area contributed by atoms with Gasteiger partial charge in [0.2, 0.25) is 5.88 Å². The number of nitrogens with zero attached hydrogens (tertiary/aromatic N) is 2. The van der Waals surface area contributed by atoms with Crippen LogP contribution in [0.4, 0.5) is 10.5 Å². The Hall–Kier alpha value is -2.93. The van der Waals surface area contributed by atoms with E-state index in [1.165, 1.54) is 30.2 Å². The van der Waals surface area contributed by atoms with Gasteiger partial charge in [0.05, 0.1) is 24.1 Å². The van der Waals surface area contributed by atoms with Crippen LogP contribution in [-0.2, 0) is 21.7 Å². The van der Waals surface area contributed by atoms with Gasteiger partial charge in [-0.05, 0) is 49.1 Å². The van der Waals surface area contributed by atoms with Gasteiger partial charge in [0.25, 0.3) is 5.91 Å². The van der Waals surface area contributed by atoms with Crippen LogP contribution in [0.15, 0.2) is 36.5 Å². The minimum Gasteiger partial charge on any atom is -0.439 e. The number of rotatable bonds is 3. The summed E-state index contributed by atoms with van der Waals surface area (Å²) >= 11 is 0. The van der Waals surface area contributed by atoms with Crippen molar-refractivity contribution in [3.8, 4) is 11.6 Å². The molecule has 1 saturated heterocycles. The molecule has 3 amide bonds. The van der Waals surface area contributed by atoms with E-state index in [9.17, 15) is 9.59 Å². The second-order valence-electron chi connectivity index (χ2n) is 7.61. The largest absolute Gasteiger partial charge is 0.439 e. The van der Waals surface area contributed by atoms with E-state index in [1.807, 2.05) is 6.07 Å². The van der Waals surface area contributed by atoms with Crippen molar-refractivity contribution < 1.29 is 19.1 Å². The lowest BCUT2D eigenvalue weighted by Crippen LogP contribution is -2.30. The second-order valence-corrected chi connectivity index (χ2v) is 7.61. The highest BCUT2D eigenvalue weighted by Gasteiger charge is 2.42. The molecular formula is C21H21N3O4. The number of carbonyl (C=O) groups is 2. The summed E-state index contributed by atoms with van der Waals surface area (Å²) in [4.78, 5) is 29.4. The second kappa shape index (κ2) is 6.31. The standard InChI is InChI=1S/C21H21N3O4/c1-13-19(25)24(20(26)23-13)15-5-7-18(22-11-15)28-16-6-4-14-12-27-21(17(14)10-16)8-2-3-9-21/h4-7,10-11,13H,2-3,8-9,12H2,1H3,(H,23,26)/t13-/m0/s1. The summed E-state index contributed by atoms with van der Waals surface area (Å²) < 4.78 is 12.1. The fraction of sp³-hybridized carbons (Fsp3) is 0.381. The van der Waals surface area contributed by atoms with Crippen LogP contribution in [0.1, 0.15) is 43.7 Å². The molecule has 1 atom stereocenters. The predicted octanol–water partition coefficient (Wildman–Crippen LogP) is 3.62. The Morgan fingerprint density at radius 2 is 2.04 bits per heavy atom. The molecule has 1 aromatic carbocycles. The molecule has 2 aromatic rings. The molecule has 3 aliphatic rings. The lowest BCUT2D eigenvalue weighted by molar-refractivity contribution is -0.117. The highest BCUT2D eigenvalue weighted by Crippen LogP contribution is 2.49. The summed E-state index contributed by atoms with van der Waals surface area (Å²) in [6.45, 7) is 2.31. The fourth-order valence-electron chi connectivity index (χ4n) is 4.36. The number of pyridine rings is 1. The molecule has 0 bridgehead atoms. The first-order valence-electron chi connectivity index (χ1n) is 9.61. The van der Waals surface area contributed by atoms with Crippen molar-refractivity contribution in [3.05, 3.63) is 47.7 Å². The summed E-state index contributed by atoms with van der Waals surface area (Å²) in [6, 6.07) is 8.39. The van der Waals surface area contributed by atoms with Crippen molar-refractivity contribution in [2.75, 3.05) is 4.90 Å². The number of benzene rings is 1. The smallest absolute Gasteiger partial charge is 0.329 e. The van der Waals surface area contributed by atoms with Crippen LogP contribution in [0, 0.1) is 0 Å². The summed E-state index contributed by atoms with van der Waals surface area (Å²) in [5.41, 5.74) is 2.73. The number of fused-ring (bicyclic) bond motifs is 2. The van der Waals surface area contributed by atoms with Crippen molar-refractivity contribution in [2.24, 2.45) is 0 Å². The predicted molar refractivity (Wildman–Crippen MR) is 101 cm³/mol. The zero-order valence-corrected chi connectivity index (χ0v) is 15.6. The minimum absolute atomic E-state index is 0.147. The van der Waals surface area contributed by atoms with Crippen molar-refractivity contribution in [1.29, 1.82) is 0 Å². The lowest BCUT2D eigenvalue weighted by Gasteiger charge is -2.23. The number of imide groups is 1. The molecular weight excluding hydrogens is 358 g/mol. The van der Waals surface area contributed by atoms with E-state index in [0.29, 0.717) is 23.9 Å². The van der Waals surface area contributed by atoms with Gasteiger partial charge in [-0.15, -0.1) is 0 Å². The SMILES string of the molecule is C[C@@H]1NC(=O)N(c2ccc(Oc3ccc4c(c3)C3(CCCC3)OC4)nc2)C1=O. The van der Waals surface area contributed by atoms with Crippen LogP contribution in [0.5, 0.6) is 11.6 Å². The Morgan fingerprint density at radius 1 is 1.21 bits per heavy atom. The van der Waals surface area contributed by atoms with Gasteiger partial charge < -0.3 is 14.8 Å². The number of aromatic nitrogens is 1. The van der Waals surface area contributed by atoms with E-state index in [1.54, 1.807) is 19.1 Å². The molecule has 144 valence electrons. The fourth-order valence-corrected chi connectivity index (χ4v) is 4.36. The van der Waals surface area contributed by atoms with Crippen LogP contribution < -0.4 is 15.0 Å². The summed E-state index contributed by atoms with van der Waals surface area (Å²) in [5, 5.41) is 2.58. The highest BCUT2D eigenvalue weighted by atomic mass is 16.5. The third kappa shape index (κ3) is 2.65. The van der Waals surface area contributed by atoms with Gasteiger partial charge >= 0.3 is 6.03 Å². The molecule has 2 aliphatic heterocycles. The molecule has 7 heteroatoms. The van der Waals surface area contributed by atoms with Crippen LogP contribution in [0.25, 0.3) is 0 Å². The zero-order chi connectivity index (χ0) is 19.3.